The predicted molar refractivity (Wildman–Crippen MR) is 115 cm³/mol. The first-order valence-corrected chi connectivity index (χ1v) is 10.4. The molecule has 29 heavy (non-hydrogen) atoms. The molecule has 2 aromatic carbocycles. The van der Waals surface area contributed by atoms with Crippen LogP contribution in [0, 0.1) is 6.92 Å². The predicted octanol–water partition coefficient (Wildman–Crippen LogP) is 4.90. The molecule has 0 saturated carbocycles. The molecule has 0 spiro atoms. The van der Waals surface area contributed by atoms with Crippen molar-refractivity contribution >= 4 is 34.0 Å². The van der Waals surface area contributed by atoms with Gasteiger partial charge in [0.05, 0.1) is 13.7 Å². The first-order chi connectivity index (χ1) is 14.0. The molecule has 3 rings (SSSR count). The molecular formula is C21H22ClN3O3S. The fraction of sp³-hybridized carbons (Fsp3) is 0.286. The number of carbonyl (C=O) groups excluding carboxylic acids is 1. The van der Waals surface area contributed by atoms with Crippen molar-refractivity contribution in [2.24, 2.45) is 0 Å². The van der Waals surface area contributed by atoms with Crippen LogP contribution >= 0.6 is 22.9 Å². The van der Waals surface area contributed by atoms with E-state index < -0.39 is 0 Å². The topological polar surface area (TPSA) is 73.3 Å². The average molecular weight is 432 g/mol. The summed E-state index contributed by atoms with van der Waals surface area (Å²) in [5.41, 5.74) is 2.00. The van der Waals surface area contributed by atoms with Crippen molar-refractivity contribution in [3.8, 4) is 11.5 Å². The molecule has 0 saturated heterocycles. The van der Waals surface area contributed by atoms with E-state index in [1.165, 1.54) is 11.3 Å². The second kappa shape index (κ2) is 10.2. The van der Waals surface area contributed by atoms with Crippen molar-refractivity contribution in [2.45, 2.75) is 26.2 Å². The molecule has 0 bridgehead atoms. The van der Waals surface area contributed by atoms with Gasteiger partial charge >= 0.3 is 0 Å². The van der Waals surface area contributed by atoms with Gasteiger partial charge in [0.25, 0.3) is 0 Å². The molecule has 1 N–H and O–H groups in total. The van der Waals surface area contributed by atoms with Gasteiger partial charge in [0.2, 0.25) is 11.0 Å². The number of amides is 1. The first kappa shape index (κ1) is 21.1. The Bertz CT molecular complexity index is 977. The number of aryl methyl sites for hydroxylation is 1. The van der Waals surface area contributed by atoms with E-state index in [0.29, 0.717) is 36.0 Å². The Hall–Kier alpha value is -2.64. The second-order valence-corrected chi connectivity index (χ2v) is 7.90. The summed E-state index contributed by atoms with van der Waals surface area (Å²) in [5, 5.41) is 13.0. The van der Waals surface area contributed by atoms with Crippen LogP contribution in [0.25, 0.3) is 0 Å². The summed E-state index contributed by atoms with van der Waals surface area (Å²) in [6.07, 6.45) is 1.54. The zero-order valence-electron chi connectivity index (χ0n) is 16.3. The van der Waals surface area contributed by atoms with E-state index >= 15 is 0 Å². The lowest BCUT2D eigenvalue weighted by molar-refractivity contribution is -0.116. The third-order valence-electron chi connectivity index (χ3n) is 4.19. The van der Waals surface area contributed by atoms with Gasteiger partial charge in [-0.05, 0) is 43.2 Å². The number of nitrogens with one attached hydrogen (secondary N) is 1. The van der Waals surface area contributed by atoms with E-state index in [0.717, 1.165) is 27.6 Å². The van der Waals surface area contributed by atoms with Gasteiger partial charge in [-0.1, -0.05) is 41.1 Å². The van der Waals surface area contributed by atoms with Gasteiger partial charge in [0, 0.05) is 23.4 Å². The lowest BCUT2D eigenvalue weighted by Gasteiger charge is -2.09. The maximum absolute atomic E-state index is 12.1. The Morgan fingerprint density at radius 3 is 2.79 bits per heavy atom. The van der Waals surface area contributed by atoms with E-state index in [9.17, 15) is 4.79 Å². The van der Waals surface area contributed by atoms with Crippen LogP contribution in [0.3, 0.4) is 0 Å². The van der Waals surface area contributed by atoms with Gasteiger partial charge in [0.15, 0.2) is 0 Å². The van der Waals surface area contributed by atoms with Crippen molar-refractivity contribution < 1.29 is 14.3 Å². The molecular weight excluding hydrogens is 410 g/mol. The summed E-state index contributed by atoms with van der Waals surface area (Å²) in [6, 6.07) is 13.2. The number of benzene rings is 2. The molecule has 0 aliphatic heterocycles. The molecule has 0 fully saturated rings. The molecule has 0 aliphatic rings. The van der Waals surface area contributed by atoms with Crippen molar-refractivity contribution in [2.75, 3.05) is 19.0 Å². The van der Waals surface area contributed by atoms with Crippen LogP contribution in [0.5, 0.6) is 11.5 Å². The van der Waals surface area contributed by atoms with Crippen LogP contribution in [0.4, 0.5) is 5.13 Å². The third kappa shape index (κ3) is 6.17. The van der Waals surface area contributed by atoms with Gasteiger partial charge in [-0.15, -0.1) is 10.2 Å². The lowest BCUT2D eigenvalue weighted by Crippen LogP contribution is -2.12. The minimum Gasteiger partial charge on any atom is -0.496 e. The Kier molecular flexibility index (Phi) is 7.43. The van der Waals surface area contributed by atoms with E-state index in [-0.39, 0.29) is 5.91 Å². The lowest BCUT2D eigenvalue weighted by atomic mass is 10.1. The van der Waals surface area contributed by atoms with Crippen LogP contribution in [-0.2, 0) is 11.2 Å². The number of nitrogens with zero attached hydrogens (tertiary/aromatic N) is 2. The van der Waals surface area contributed by atoms with Crippen LogP contribution < -0.4 is 14.8 Å². The summed E-state index contributed by atoms with van der Waals surface area (Å²) in [7, 11) is 1.64. The standard InChI is InChI=1S/C21H22ClN3O3S/c1-14-12-16(22)9-10-17(14)28-11-5-8-19(26)23-21-25-24-20(29-21)13-15-6-3-4-7-18(15)27-2/h3-4,6-7,9-10,12H,5,8,11,13H2,1-2H3,(H,23,25,26). The minimum atomic E-state index is -0.110. The Morgan fingerprint density at radius 2 is 2.00 bits per heavy atom. The largest absolute Gasteiger partial charge is 0.496 e. The number of hydrogen-bond donors (Lipinski definition) is 1. The molecule has 152 valence electrons. The number of halogens is 1. The average Bonchev–Trinajstić information content (AvgIpc) is 3.13. The van der Waals surface area contributed by atoms with Crippen LogP contribution in [-0.4, -0.2) is 29.8 Å². The van der Waals surface area contributed by atoms with Gasteiger partial charge < -0.3 is 14.8 Å². The number of methoxy groups -OCH3 is 1. The van der Waals surface area contributed by atoms with Crippen LogP contribution in [0.15, 0.2) is 42.5 Å². The summed E-state index contributed by atoms with van der Waals surface area (Å²) in [6.45, 7) is 2.39. The fourth-order valence-electron chi connectivity index (χ4n) is 2.76. The third-order valence-corrected chi connectivity index (χ3v) is 5.26. The number of hydrogen-bond acceptors (Lipinski definition) is 6. The van der Waals surface area contributed by atoms with Gasteiger partial charge in [0.1, 0.15) is 16.5 Å². The first-order valence-electron chi connectivity index (χ1n) is 9.18. The van der Waals surface area contributed by atoms with Crippen molar-refractivity contribution in [1.82, 2.24) is 10.2 Å². The second-order valence-electron chi connectivity index (χ2n) is 6.40. The number of anilines is 1. The normalized spacial score (nSPS) is 10.6. The van der Waals surface area contributed by atoms with E-state index in [4.69, 9.17) is 21.1 Å². The highest BCUT2D eigenvalue weighted by atomic mass is 35.5. The SMILES string of the molecule is COc1ccccc1Cc1nnc(NC(=O)CCCOc2ccc(Cl)cc2C)s1. The fourth-order valence-corrected chi connectivity index (χ4v) is 3.76. The smallest absolute Gasteiger partial charge is 0.226 e. The highest BCUT2D eigenvalue weighted by Gasteiger charge is 2.11. The zero-order valence-corrected chi connectivity index (χ0v) is 17.8. The molecule has 0 atom stereocenters. The molecule has 6 nitrogen and oxygen atoms in total. The monoisotopic (exact) mass is 431 g/mol. The Balaban J connectivity index is 1.44. The van der Waals surface area contributed by atoms with E-state index in [1.54, 1.807) is 13.2 Å². The Labute approximate surface area is 178 Å². The quantitative estimate of drug-likeness (QED) is 0.488. The zero-order chi connectivity index (χ0) is 20.6. The number of aromatic nitrogens is 2. The van der Waals surface area contributed by atoms with Crippen molar-refractivity contribution in [3.63, 3.8) is 0 Å². The summed E-state index contributed by atoms with van der Waals surface area (Å²) in [5.74, 6) is 1.48. The maximum Gasteiger partial charge on any atom is 0.226 e. The van der Waals surface area contributed by atoms with E-state index in [1.807, 2.05) is 43.3 Å². The van der Waals surface area contributed by atoms with Crippen molar-refractivity contribution in [3.05, 3.63) is 63.6 Å². The van der Waals surface area contributed by atoms with Gasteiger partial charge in [-0.2, -0.15) is 0 Å². The van der Waals surface area contributed by atoms with Crippen LogP contribution in [0.1, 0.15) is 29.0 Å². The summed E-state index contributed by atoms with van der Waals surface area (Å²) < 4.78 is 11.1. The molecule has 1 heterocycles. The molecule has 1 aromatic heterocycles. The maximum atomic E-state index is 12.1. The Morgan fingerprint density at radius 1 is 1.17 bits per heavy atom. The van der Waals surface area contributed by atoms with Gasteiger partial charge in [-0.25, -0.2) is 0 Å². The molecule has 1 amide bonds. The summed E-state index contributed by atoms with van der Waals surface area (Å²) in [4.78, 5) is 12.1. The number of ether oxygens (including phenoxy) is 2. The van der Waals surface area contributed by atoms with Gasteiger partial charge in [-0.3, -0.25) is 4.79 Å². The molecule has 0 radical (unpaired) electrons. The molecule has 0 aliphatic carbocycles. The number of carbonyl (C=O) groups is 1. The van der Waals surface area contributed by atoms with Crippen molar-refractivity contribution in [1.29, 1.82) is 0 Å². The highest BCUT2D eigenvalue weighted by molar-refractivity contribution is 7.15. The van der Waals surface area contributed by atoms with Crippen LogP contribution in [0.2, 0.25) is 5.02 Å². The number of rotatable bonds is 9. The molecule has 8 heteroatoms. The number of para-hydroxylation sites is 1. The molecule has 0 unspecified atom stereocenters. The highest BCUT2D eigenvalue weighted by Crippen LogP contribution is 2.24. The van der Waals surface area contributed by atoms with E-state index in [2.05, 4.69) is 15.5 Å². The minimum absolute atomic E-state index is 0.110. The molecule has 3 aromatic rings. The summed E-state index contributed by atoms with van der Waals surface area (Å²) >= 11 is 7.30.